The van der Waals surface area contributed by atoms with Crippen LogP contribution in [0, 0.1) is 20.8 Å². The molecule has 0 aromatic heterocycles. The summed E-state index contributed by atoms with van der Waals surface area (Å²) in [5.41, 5.74) is 9.99. The Labute approximate surface area is 262 Å². The van der Waals surface area contributed by atoms with Crippen LogP contribution in [-0.4, -0.2) is 47.6 Å². The molecule has 0 aliphatic heterocycles. The number of nitrogens with zero attached hydrogens (tertiary/aromatic N) is 2. The molecule has 0 aliphatic rings. The van der Waals surface area contributed by atoms with Crippen molar-refractivity contribution >= 4 is 23.6 Å². The summed E-state index contributed by atoms with van der Waals surface area (Å²) in [5, 5.41) is 0. The number of aryl methyl sites for hydroxylation is 3. The molecule has 0 aliphatic carbocycles. The molecule has 3 aromatic rings. The Morgan fingerprint density at radius 2 is 1.16 bits per heavy atom. The second-order valence-electron chi connectivity index (χ2n) is 11.8. The number of carbonyl (C=O) groups excluding carboxylic acids is 2. The molecule has 0 unspecified atom stereocenters. The topological polar surface area (TPSA) is 49.9 Å². The van der Waals surface area contributed by atoms with Crippen molar-refractivity contribution in [3.05, 3.63) is 94.0 Å². The van der Waals surface area contributed by atoms with Gasteiger partial charge in [-0.15, -0.1) is 0 Å². The van der Waals surface area contributed by atoms with Gasteiger partial charge in [0.2, 0.25) is 0 Å². The summed E-state index contributed by atoms with van der Waals surface area (Å²) in [7, 11) is 9.41. The summed E-state index contributed by atoms with van der Waals surface area (Å²) in [6.07, 6.45) is 3.34. The molecule has 5 nitrogen and oxygen atoms in total. The molecule has 3 rings (SSSR count). The molecule has 0 spiro atoms. The lowest BCUT2D eigenvalue weighted by molar-refractivity contribution is -0.143. The van der Waals surface area contributed by atoms with Crippen molar-refractivity contribution in [2.24, 2.45) is 0 Å². The third kappa shape index (κ3) is 11.5. The maximum Gasteiger partial charge on any atom is 0.313 e. The van der Waals surface area contributed by atoms with E-state index in [1.807, 2.05) is 44.1 Å². The van der Waals surface area contributed by atoms with Gasteiger partial charge in [0, 0.05) is 46.0 Å². The minimum absolute atomic E-state index is 0.148. The van der Waals surface area contributed by atoms with Crippen LogP contribution < -0.4 is 9.80 Å². The van der Waals surface area contributed by atoms with Crippen LogP contribution >= 0.6 is 0 Å². The highest BCUT2D eigenvalue weighted by Gasteiger charge is 2.22. The zero-order valence-electron chi connectivity index (χ0n) is 28.8. The van der Waals surface area contributed by atoms with Crippen molar-refractivity contribution in [2.45, 2.75) is 85.5 Å². The monoisotopic (exact) mass is 588 g/mol. The van der Waals surface area contributed by atoms with E-state index in [1.54, 1.807) is 0 Å². The van der Waals surface area contributed by atoms with Gasteiger partial charge >= 0.3 is 5.97 Å². The van der Waals surface area contributed by atoms with E-state index in [4.69, 9.17) is 4.74 Å². The normalized spacial score (nSPS) is 12.4. The Kier molecular flexibility index (Phi) is 16.4. The van der Waals surface area contributed by atoms with Crippen molar-refractivity contribution in [3.8, 4) is 0 Å². The van der Waals surface area contributed by atoms with Crippen LogP contribution in [0.4, 0.5) is 11.4 Å². The number of aldehydes is 1. The van der Waals surface area contributed by atoms with Gasteiger partial charge in [0.1, 0.15) is 6.29 Å². The Hall–Kier alpha value is -3.60. The molecule has 3 atom stereocenters. The van der Waals surface area contributed by atoms with E-state index < -0.39 is 5.92 Å². The molecule has 0 saturated heterocycles. The van der Waals surface area contributed by atoms with Crippen molar-refractivity contribution in [2.75, 3.05) is 45.1 Å². The van der Waals surface area contributed by atoms with Gasteiger partial charge in [-0.1, -0.05) is 64.1 Å². The van der Waals surface area contributed by atoms with Gasteiger partial charge in [-0.2, -0.15) is 0 Å². The Balaban J connectivity index is 0.000000332. The fraction of sp³-hybridized carbons (Fsp3) is 0.474. The van der Waals surface area contributed by atoms with Crippen LogP contribution in [0.25, 0.3) is 0 Å². The average Bonchev–Trinajstić information content (AvgIpc) is 2.99. The summed E-state index contributed by atoms with van der Waals surface area (Å²) >= 11 is 0. The second-order valence-corrected chi connectivity index (χ2v) is 11.8. The van der Waals surface area contributed by atoms with Gasteiger partial charge in [-0.05, 0) is 103 Å². The number of anilines is 2. The van der Waals surface area contributed by atoms with Crippen molar-refractivity contribution in [1.82, 2.24) is 0 Å². The zero-order chi connectivity index (χ0) is 32.7. The first-order valence-corrected chi connectivity index (χ1v) is 15.4. The summed E-state index contributed by atoms with van der Waals surface area (Å²) in [5.74, 6) is 0.494. The summed E-state index contributed by atoms with van der Waals surface area (Å²) < 4.78 is 4.74. The van der Waals surface area contributed by atoms with Crippen LogP contribution in [-0.2, 0) is 14.3 Å². The third-order valence-electron chi connectivity index (χ3n) is 8.21. The number of esters is 1. The van der Waals surface area contributed by atoms with Crippen LogP contribution in [0.3, 0.4) is 0 Å². The Bertz CT molecular complexity index is 1280. The minimum Gasteiger partial charge on any atom is -0.469 e. The largest absolute Gasteiger partial charge is 0.469 e. The van der Waals surface area contributed by atoms with E-state index in [2.05, 4.69) is 103 Å². The van der Waals surface area contributed by atoms with E-state index in [0.717, 1.165) is 23.1 Å². The quantitative estimate of drug-likeness (QED) is 0.175. The van der Waals surface area contributed by atoms with E-state index in [1.165, 1.54) is 47.9 Å². The second kappa shape index (κ2) is 18.8. The molecule has 0 fully saturated rings. The number of rotatable bonds is 10. The Morgan fingerprint density at radius 1 is 0.721 bits per heavy atom. The molecule has 0 radical (unpaired) electrons. The minimum atomic E-state index is -0.510. The smallest absolute Gasteiger partial charge is 0.313 e. The fourth-order valence-corrected chi connectivity index (χ4v) is 4.99. The van der Waals surface area contributed by atoms with Crippen molar-refractivity contribution < 1.29 is 14.3 Å². The SMILES string of the molecule is CC[C@@H](C)c1ccc(N(C)C)cc1C.CC[C@@H](C)c1ccccc1C.COC(=O)[C@H](CC=O)c1ccc(N(C)C)cc1C. The number of hydrogen-bond donors (Lipinski definition) is 0. The highest BCUT2D eigenvalue weighted by molar-refractivity contribution is 5.81. The number of hydrogen-bond acceptors (Lipinski definition) is 5. The number of benzene rings is 3. The molecular weight excluding hydrogens is 532 g/mol. The first-order chi connectivity index (χ1) is 20.3. The van der Waals surface area contributed by atoms with Crippen molar-refractivity contribution in [3.63, 3.8) is 0 Å². The maximum absolute atomic E-state index is 11.7. The van der Waals surface area contributed by atoms with Crippen LogP contribution in [0.5, 0.6) is 0 Å². The molecule has 3 aromatic carbocycles. The molecule has 0 N–H and O–H groups in total. The summed E-state index contributed by atoms with van der Waals surface area (Å²) in [4.78, 5) is 26.5. The highest BCUT2D eigenvalue weighted by atomic mass is 16.5. The van der Waals surface area contributed by atoms with E-state index in [-0.39, 0.29) is 12.4 Å². The van der Waals surface area contributed by atoms with Gasteiger partial charge in [0.05, 0.1) is 13.0 Å². The maximum atomic E-state index is 11.7. The molecule has 43 heavy (non-hydrogen) atoms. The Morgan fingerprint density at radius 3 is 1.53 bits per heavy atom. The van der Waals surface area contributed by atoms with Gasteiger partial charge < -0.3 is 19.3 Å². The lowest BCUT2D eigenvalue weighted by atomic mass is 9.92. The molecule has 0 saturated carbocycles. The first-order valence-electron chi connectivity index (χ1n) is 15.4. The van der Waals surface area contributed by atoms with Gasteiger partial charge in [-0.25, -0.2) is 0 Å². The van der Waals surface area contributed by atoms with Crippen LogP contribution in [0.15, 0.2) is 60.7 Å². The number of carbonyl (C=O) groups is 2. The van der Waals surface area contributed by atoms with Crippen molar-refractivity contribution in [1.29, 1.82) is 0 Å². The van der Waals surface area contributed by atoms with E-state index in [9.17, 15) is 9.59 Å². The third-order valence-corrected chi connectivity index (χ3v) is 8.21. The summed E-state index contributed by atoms with van der Waals surface area (Å²) in [6.45, 7) is 15.4. The van der Waals surface area contributed by atoms with E-state index in [0.29, 0.717) is 11.8 Å². The lowest BCUT2D eigenvalue weighted by Gasteiger charge is -2.18. The predicted molar refractivity (Wildman–Crippen MR) is 185 cm³/mol. The summed E-state index contributed by atoms with van der Waals surface area (Å²) in [6, 6.07) is 21.2. The average molecular weight is 589 g/mol. The molecule has 236 valence electrons. The molecule has 0 amide bonds. The molecule has 0 bridgehead atoms. The lowest BCUT2D eigenvalue weighted by Crippen LogP contribution is -2.16. The molecule has 0 heterocycles. The van der Waals surface area contributed by atoms with Crippen LogP contribution in [0.2, 0.25) is 0 Å². The van der Waals surface area contributed by atoms with E-state index >= 15 is 0 Å². The van der Waals surface area contributed by atoms with Gasteiger partial charge in [0.15, 0.2) is 0 Å². The standard InChI is InChI=1S/C14H19NO3.C13H21N.C11H16/c1-10-9-11(15(2)3)5-6-12(10)13(7-8-16)14(17)18-4;1-6-10(2)13-8-7-12(14(4)5)9-11(13)3;1-4-9(2)11-8-6-5-7-10(11)3/h5-6,8-9,13H,7H2,1-4H3;7-10H,6H2,1-5H3;5-9H,4H2,1-3H3/t13-;10-;9-/m111/s1. The highest BCUT2D eigenvalue weighted by Crippen LogP contribution is 2.28. The molecule has 5 heteroatoms. The zero-order valence-corrected chi connectivity index (χ0v) is 28.8. The number of methoxy groups -OCH3 is 1. The van der Waals surface area contributed by atoms with Gasteiger partial charge in [0.25, 0.3) is 0 Å². The number of ether oxygens (including phenoxy) is 1. The fourth-order valence-electron chi connectivity index (χ4n) is 4.99. The first kappa shape index (κ1) is 37.4. The van der Waals surface area contributed by atoms with Crippen LogP contribution in [0.1, 0.15) is 98.1 Å². The molecular formula is C38H56N2O3. The predicted octanol–water partition coefficient (Wildman–Crippen LogP) is 8.99. The van der Waals surface area contributed by atoms with Gasteiger partial charge in [-0.3, -0.25) is 4.79 Å².